The van der Waals surface area contributed by atoms with Crippen molar-refractivity contribution < 1.29 is 36.9 Å². The number of nitrogens with two attached hydrogens (primary N) is 1. The zero-order chi connectivity index (χ0) is 31.4. The standard InChI is InChI=1S/C28H25F3N8O5/c1-15(2)43-21-9-18-17(8-20(21)41-3)19(6-7-33-18)44-16-4-5-24(35-10-16)37-27(40)26-22(42-14-28(29,30)31)13-39(38-26)25-12-34-23(32)11-36-25/h4-13,15H,14H2,1-3H3,(H2,32,34)(H,35,37,40). The van der Waals surface area contributed by atoms with Gasteiger partial charge in [0.2, 0.25) is 0 Å². The molecule has 0 aliphatic carbocycles. The first-order valence-corrected chi connectivity index (χ1v) is 12.9. The third kappa shape index (κ3) is 7.03. The van der Waals surface area contributed by atoms with Gasteiger partial charge in [-0.15, -0.1) is 0 Å². The smallest absolute Gasteiger partial charge is 0.422 e. The van der Waals surface area contributed by atoms with Crippen molar-refractivity contribution in [2.24, 2.45) is 0 Å². The number of fused-ring (bicyclic) bond motifs is 1. The Morgan fingerprint density at radius 3 is 2.48 bits per heavy atom. The number of amides is 1. The number of halogens is 3. The van der Waals surface area contributed by atoms with Gasteiger partial charge in [0.1, 0.15) is 23.1 Å². The molecule has 4 aromatic heterocycles. The van der Waals surface area contributed by atoms with Gasteiger partial charge in [-0.3, -0.25) is 9.78 Å². The summed E-state index contributed by atoms with van der Waals surface area (Å²) in [6.45, 7) is 2.16. The molecule has 0 saturated carbocycles. The normalized spacial score (nSPS) is 11.4. The van der Waals surface area contributed by atoms with Crippen LogP contribution in [0, 0.1) is 0 Å². The molecule has 16 heteroatoms. The molecule has 3 N–H and O–H groups in total. The quantitative estimate of drug-likeness (QED) is 0.220. The lowest BCUT2D eigenvalue weighted by atomic mass is 10.1. The number of rotatable bonds is 10. The van der Waals surface area contributed by atoms with Crippen molar-refractivity contribution in [3.05, 3.63) is 67.0 Å². The number of hydrogen-bond donors (Lipinski definition) is 2. The molecule has 0 atom stereocenters. The highest BCUT2D eigenvalue weighted by molar-refractivity contribution is 6.04. The average molecular weight is 611 g/mol. The molecule has 5 rings (SSSR count). The number of nitrogen functional groups attached to an aromatic ring is 1. The predicted molar refractivity (Wildman–Crippen MR) is 151 cm³/mol. The number of hydrogen-bond acceptors (Lipinski definition) is 11. The van der Waals surface area contributed by atoms with Crippen LogP contribution in [0.15, 0.2) is 61.3 Å². The molecule has 1 amide bonds. The first-order valence-electron chi connectivity index (χ1n) is 12.9. The van der Waals surface area contributed by atoms with Gasteiger partial charge in [-0.25, -0.2) is 19.6 Å². The van der Waals surface area contributed by atoms with Crippen LogP contribution in [-0.2, 0) is 0 Å². The summed E-state index contributed by atoms with van der Waals surface area (Å²) in [5.41, 5.74) is 5.71. The van der Waals surface area contributed by atoms with Crippen LogP contribution in [-0.4, -0.2) is 61.6 Å². The van der Waals surface area contributed by atoms with Gasteiger partial charge >= 0.3 is 6.18 Å². The molecule has 0 bridgehead atoms. The van der Waals surface area contributed by atoms with Crippen molar-refractivity contribution in [2.45, 2.75) is 26.1 Å². The molecule has 0 radical (unpaired) electrons. The maximum absolute atomic E-state index is 13.0. The first-order chi connectivity index (χ1) is 21.0. The van der Waals surface area contributed by atoms with E-state index in [4.69, 9.17) is 24.7 Å². The van der Waals surface area contributed by atoms with Gasteiger partial charge in [0, 0.05) is 17.6 Å². The molecular formula is C28H25F3N8O5. The Morgan fingerprint density at radius 2 is 1.82 bits per heavy atom. The average Bonchev–Trinajstić information content (AvgIpc) is 3.41. The predicted octanol–water partition coefficient (Wildman–Crippen LogP) is 4.97. The van der Waals surface area contributed by atoms with Gasteiger partial charge in [-0.1, -0.05) is 0 Å². The van der Waals surface area contributed by atoms with Gasteiger partial charge in [-0.2, -0.15) is 18.3 Å². The molecule has 0 fully saturated rings. The molecule has 5 aromatic rings. The van der Waals surface area contributed by atoms with Crippen molar-refractivity contribution in [3.63, 3.8) is 0 Å². The minimum Gasteiger partial charge on any atom is -0.493 e. The van der Waals surface area contributed by atoms with Crippen molar-refractivity contribution >= 4 is 28.4 Å². The van der Waals surface area contributed by atoms with Crippen LogP contribution in [0.3, 0.4) is 0 Å². The van der Waals surface area contributed by atoms with E-state index in [1.807, 2.05) is 13.8 Å². The topological polar surface area (TPSA) is 161 Å². The van der Waals surface area contributed by atoms with E-state index in [2.05, 4.69) is 30.4 Å². The summed E-state index contributed by atoms with van der Waals surface area (Å²) in [4.78, 5) is 29.5. The molecule has 0 aliphatic heterocycles. The maximum atomic E-state index is 13.0. The van der Waals surface area contributed by atoms with Crippen LogP contribution < -0.4 is 30.0 Å². The number of methoxy groups -OCH3 is 1. The largest absolute Gasteiger partial charge is 0.493 e. The van der Waals surface area contributed by atoms with E-state index in [0.29, 0.717) is 33.9 Å². The van der Waals surface area contributed by atoms with Crippen molar-refractivity contribution in [1.29, 1.82) is 0 Å². The Morgan fingerprint density at radius 1 is 1.00 bits per heavy atom. The number of alkyl halides is 3. The fourth-order valence-corrected chi connectivity index (χ4v) is 3.89. The Kier molecular flexibility index (Phi) is 8.32. The SMILES string of the molecule is COc1cc2c(Oc3ccc(NC(=O)c4nn(-c5cnc(N)cn5)cc4OCC(F)(F)F)nc3)ccnc2cc1OC(C)C. The molecular weight excluding hydrogens is 585 g/mol. The molecule has 0 aliphatic rings. The van der Waals surface area contributed by atoms with Gasteiger partial charge in [0.25, 0.3) is 5.91 Å². The molecule has 0 unspecified atom stereocenters. The summed E-state index contributed by atoms with van der Waals surface area (Å²) < 4.78 is 61.8. The van der Waals surface area contributed by atoms with Crippen LogP contribution in [0.1, 0.15) is 24.3 Å². The highest BCUT2D eigenvalue weighted by Gasteiger charge is 2.30. The number of carbonyl (C=O) groups excluding carboxylic acids is 1. The molecule has 13 nitrogen and oxygen atoms in total. The molecule has 0 spiro atoms. The van der Waals surface area contributed by atoms with E-state index in [0.717, 1.165) is 10.9 Å². The van der Waals surface area contributed by atoms with Gasteiger partial charge in [-0.05, 0) is 38.1 Å². The van der Waals surface area contributed by atoms with E-state index in [9.17, 15) is 18.0 Å². The second kappa shape index (κ2) is 12.3. The van der Waals surface area contributed by atoms with Crippen LogP contribution >= 0.6 is 0 Å². The van der Waals surface area contributed by atoms with Crippen LogP contribution in [0.2, 0.25) is 0 Å². The summed E-state index contributed by atoms with van der Waals surface area (Å²) in [5.74, 6) is 0.820. The number of carbonyl (C=O) groups is 1. The van der Waals surface area contributed by atoms with E-state index in [1.54, 1.807) is 30.5 Å². The van der Waals surface area contributed by atoms with Crippen LogP contribution in [0.25, 0.3) is 16.7 Å². The number of aromatic nitrogens is 6. The highest BCUT2D eigenvalue weighted by atomic mass is 19.4. The Bertz CT molecular complexity index is 1780. The zero-order valence-corrected chi connectivity index (χ0v) is 23.5. The van der Waals surface area contributed by atoms with E-state index in [1.165, 1.54) is 31.8 Å². The maximum Gasteiger partial charge on any atom is 0.422 e. The Hall–Kier alpha value is -5.67. The lowest BCUT2D eigenvalue weighted by molar-refractivity contribution is -0.153. The number of nitrogens with one attached hydrogen (secondary N) is 1. The summed E-state index contributed by atoms with van der Waals surface area (Å²) in [7, 11) is 1.53. The van der Waals surface area contributed by atoms with Crippen LogP contribution in [0.5, 0.6) is 28.7 Å². The summed E-state index contributed by atoms with van der Waals surface area (Å²) >= 11 is 0. The number of ether oxygens (including phenoxy) is 4. The van der Waals surface area contributed by atoms with Gasteiger partial charge < -0.3 is 30.0 Å². The van der Waals surface area contributed by atoms with Crippen LogP contribution in [0.4, 0.5) is 24.8 Å². The number of benzene rings is 1. The number of pyridine rings is 2. The zero-order valence-electron chi connectivity index (χ0n) is 23.5. The fourth-order valence-electron chi connectivity index (χ4n) is 3.89. The summed E-state index contributed by atoms with van der Waals surface area (Å²) in [6, 6.07) is 8.18. The van der Waals surface area contributed by atoms with E-state index in [-0.39, 0.29) is 23.6 Å². The highest BCUT2D eigenvalue weighted by Crippen LogP contribution is 2.37. The number of nitrogens with zero attached hydrogens (tertiary/aromatic N) is 6. The molecule has 44 heavy (non-hydrogen) atoms. The lowest BCUT2D eigenvalue weighted by Crippen LogP contribution is -2.21. The van der Waals surface area contributed by atoms with E-state index < -0.39 is 30.1 Å². The molecule has 0 saturated heterocycles. The molecule has 4 heterocycles. The lowest BCUT2D eigenvalue weighted by Gasteiger charge is -2.15. The number of anilines is 2. The second-order valence-electron chi connectivity index (χ2n) is 9.42. The van der Waals surface area contributed by atoms with Gasteiger partial charge in [0.05, 0.1) is 43.5 Å². The molecule has 228 valence electrons. The first kappa shape index (κ1) is 29.8. The third-order valence-corrected chi connectivity index (χ3v) is 5.74. The molecule has 1 aromatic carbocycles. The summed E-state index contributed by atoms with van der Waals surface area (Å²) in [6.07, 6.45) is 1.76. The van der Waals surface area contributed by atoms with Crippen molar-refractivity contribution in [3.8, 4) is 34.6 Å². The fraction of sp³-hybridized carbons (Fsp3) is 0.214. The van der Waals surface area contributed by atoms with Gasteiger partial charge in [0.15, 0.2) is 35.4 Å². The minimum absolute atomic E-state index is 0.0707. The Balaban J connectivity index is 1.35. The Labute approximate surface area is 247 Å². The van der Waals surface area contributed by atoms with Crippen molar-refractivity contribution in [1.82, 2.24) is 29.7 Å². The summed E-state index contributed by atoms with van der Waals surface area (Å²) in [5, 5.41) is 7.18. The monoisotopic (exact) mass is 610 g/mol. The van der Waals surface area contributed by atoms with Crippen molar-refractivity contribution in [2.75, 3.05) is 24.8 Å². The van der Waals surface area contributed by atoms with E-state index >= 15 is 0 Å². The third-order valence-electron chi connectivity index (χ3n) is 5.74. The second-order valence-corrected chi connectivity index (χ2v) is 9.42. The minimum atomic E-state index is -4.65.